The first-order chi connectivity index (χ1) is 8.21. The molecule has 1 rings (SSSR count). The fourth-order valence-electron chi connectivity index (χ4n) is 1.55. The van der Waals surface area contributed by atoms with Gasteiger partial charge in [0.1, 0.15) is 0 Å². The molecule has 0 aliphatic rings. The minimum atomic E-state index is -4.64. The lowest BCUT2D eigenvalue weighted by molar-refractivity contribution is -0.144. The van der Waals surface area contributed by atoms with Gasteiger partial charge in [-0.25, -0.2) is 4.98 Å². The third-order valence-electron chi connectivity index (χ3n) is 2.13. The highest BCUT2D eigenvalue weighted by Crippen LogP contribution is 2.37. The lowest BCUT2D eigenvalue weighted by Crippen LogP contribution is -2.15. The first-order valence-electron chi connectivity index (χ1n) is 5.45. The van der Waals surface area contributed by atoms with Gasteiger partial charge in [0.15, 0.2) is 11.4 Å². The van der Waals surface area contributed by atoms with E-state index in [9.17, 15) is 18.0 Å². The van der Waals surface area contributed by atoms with Crippen molar-refractivity contribution in [2.45, 2.75) is 33.4 Å². The van der Waals surface area contributed by atoms with Crippen LogP contribution in [-0.2, 0) is 17.4 Å². The van der Waals surface area contributed by atoms with Crippen LogP contribution >= 0.6 is 0 Å². The number of nitrogens with zero attached hydrogens (tertiary/aromatic N) is 1. The Hall–Kier alpha value is -1.59. The molecule has 0 fully saturated rings. The first-order valence-corrected chi connectivity index (χ1v) is 5.45. The van der Waals surface area contributed by atoms with E-state index < -0.39 is 23.6 Å². The Bertz CT molecular complexity index is 441. The van der Waals surface area contributed by atoms with Crippen molar-refractivity contribution < 1.29 is 22.7 Å². The van der Waals surface area contributed by atoms with E-state index in [0.717, 1.165) is 13.1 Å². The summed E-state index contributed by atoms with van der Waals surface area (Å²) < 4.78 is 43.0. The molecule has 0 saturated carbocycles. The smallest absolute Gasteiger partial charge is 0.424 e. The van der Waals surface area contributed by atoms with Crippen molar-refractivity contribution in [2.75, 3.05) is 0 Å². The summed E-state index contributed by atoms with van der Waals surface area (Å²) in [6, 6.07) is 1.44. The standard InChI is InChI=1S/C12H14F3NO2/c1-7(2)6-9-4-5-16-11(12(13,14)15)10(9)18-8(3)17/h4-5,7H,6H2,1-3H3. The molecule has 0 bridgehead atoms. The van der Waals surface area contributed by atoms with Gasteiger partial charge in [0.05, 0.1) is 0 Å². The zero-order valence-corrected chi connectivity index (χ0v) is 10.3. The Morgan fingerprint density at radius 1 is 1.44 bits per heavy atom. The van der Waals surface area contributed by atoms with Crippen LogP contribution in [0.15, 0.2) is 12.3 Å². The van der Waals surface area contributed by atoms with Crippen LogP contribution in [0.25, 0.3) is 0 Å². The van der Waals surface area contributed by atoms with Gasteiger partial charge in [-0.15, -0.1) is 0 Å². The molecular formula is C12H14F3NO2. The molecule has 0 aliphatic carbocycles. The minimum Gasteiger partial charge on any atom is -0.424 e. The van der Waals surface area contributed by atoms with Crippen molar-refractivity contribution in [3.63, 3.8) is 0 Å². The molecule has 1 heterocycles. The van der Waals surface area contributed by atoms with Gasteiger partial charge in [-0.2, -0.15) is 13.2 Å². The second-order valence-electron chi connectivity index (χ2n) is 4.34. The maximum absolute atomic E-state index is 12.8. The van der Waals surface area contributed by atoms with E-state index in [-0.39, 0.29) is 5.92 Å². The summed E-state index contributed by atoms with van der Waals surface area (Å²) in [6.07, 6.45) is -3.18. The minimum absolute atomic E-state index is 0.141. The average molecular weight is 261 g/mol. The number of hydrogen-bond donors (Lipinski definition) is 0. The van der Waals surface area contributed by atoms with Crippen LogP contribution in [0.5, 0.6) is 5.75 Å². The van der Waals surface area contributed by atoms with Crippen LogP contribution in [0.2, 0.25) is 0 Å². The predicted octanol–water partition coefficient (Wildman–Crippen LogP) is 3.22. The van der Waals surface area contributed by atoms with Crippen molar-refractivity contribution in [2.24, 2.45) is 5.92 Å². The molecule has 0 atom stereocenters. The maximum Gasteiger partial charge on any atom is 0.437 e. The van der Waals surface area contributed by atoms with Crippen LogP contribution in [0.4, 0.5) is 13.2 Å². The summed E-state index contributed by atoms with van der Waals surface area (Å²) in [5, 5.41) is 0. The topological polar surface area (TPSA) is 39.2 Å². The number of hydrogen-bond acceptors (Lipinski definition) is 3. The summed E-state index contributed by atoms with van der Waals surface area (Å²) in [6.45, 7) is 4.79. The number of alkyl halides is 3. The summed E-state index contributed by atoms with van der Waals surface area (Å²) >= 11 is 0. The monoisotopic (exact) mass is 261 g/mol. The summed E-state index contributed by atoms with van der Waals surface area (Å²) in [4.78, 5) is 14.2. The second-order valence-corrected chi connectivity index (χ2v) is 4.34. The Balaban J connectivity index is 3.30. The van der Waals surface area contributed by atoms with Gasteiger partial charge in [-0.1, -0.05) is 13.8 Å². The third kappa shape index (κ3) is 3.72. The molecule has 0 spiro atoms. The van der Waals surface area contributed by atoms with E-state index in [1.165, 1.54) is 6.07 Å². The van der Waals surface area contributed by atoms with Gasteiger partial charge in [-0.05, 0) is 24.0 Å². The van der Waals surface area contributed by atoms with E-state index >= 15 is 0 Å². The van der Waals surface area contributed by atoms with Gasteiger partial charge < -0.3 is 4.74 Å². The van der Waals surface area contributed by atoms with E-state index in [2.05, 4.69) is 9.72 Å². The van der Waals surface area contributed by atoms with E-state index in [1.807, 2.05) is 13.8 Å². The molecule has 100 valence electrons. The second kappa shape index (κ2) is 5.37. The van der Waals surface area contributed by atoms with Crippen molar-refractivity contribution in [3.8, 4) is 5.75 Å². The Kier molecular flexibility index (Phi) is 4.32. The SMILES string of the molecule is CC(=O)Oc1c(CC(C)C)ccnc1C(F)(F)F. The van der Waals surface area contributed by atoms with E-state index in [4.69, 9.17) is 0 Å². The predicted molar refractivity (Wildman–Crippen MR) is 59.1 cm³/mol. The number of esters is 1. The molecule has 0 unspecified atom stereocenters. The third-order valence-corrected chi connectivity index (χ3v) is 2.13. The highest BCUT2D eigenvalue weighted by atomic mass is 19.4. The molecule has 18 heavy (non-hydrogen) atoms. The number of carbonyl (C=O) groups is 1. The van der Waals surface area contributed by atoms with Crippen LogP contribution < -0.4 is 4.74 Å². The number of ether oxygens (including phenoxy) is 1. The fraction of sp³-hybridized carbons (Fsp3) is 0.500. The largest absolute Gasteiger partial charge is 0.437 e. The van der Waals surface area contributed by atoms with Gasteiger partial charge in [0, 0.05) is 13.1 Å². The zero-order chi connectivity index (χ0) is 13.9. The number of carbonyl (C=O) groups excluding carboxylic acids is 1. The van der Waals surface area contributed by atoms with Crippen molar-refractivity contribution in [1.82, 2.24) is 4.98 Å². The van der Waals surface area contributed by atoms with Crippen LogP contribution in [0.3, 0.4) is 0 Å². The molecular weight excluding hydrogens is 247 g/mol. The number of pyridine rings is 1. The van der Waals surface area contributed by atoms with Crippen LogP contribution in [0.1, 0.15) is 32.0 Å². The molecule has 0 aromatic carbocycles. The highest BCUT2D eigenvalue weighted by molar-refractivity contribution is 5.70. The average Bonchev–Trinajstić information content (AvgIpc) is 2.17. The molecule has 3 nitrogen and oxygen atoms in total. The van der Waals surface area contributed by atoms with Gasteiger partial charge >= 0.3 is 12.1 Å². The van der Waals surface area contributed by atoms with E-state index in [0.29, 0.717) is 12.0 Å². The molecule has 0 N–H and O–H groups in total. The maximum atomic E-state index is 12.8. The summed E-state index contributed by atoms with van der Waals surface area (Å²) in [5.41, 5.74) is -0.821. The van der Waals surface area contributed by atoms with Crippen molar-refractivity contribution in [3.05, 3.63) is 23.5 Å². The quantitative estimate of drug-likeness (QED) is 0.784. The fourth-order valence-corrected chi connectivity index (χ4v) is 1.55. The Labute approximate surface area is 103 Å². The lowest BCUT2D eigenvalue weighted by Gasteiger charge is -2.15. The van der Waals surface area contributed by atoms with Crippen LogP contribution in [0, 0.1) is 5.92 Å². The number of rotatable bonds is 3. The summed E-state index contributed by atoms with van der Waals surface area (Å²) in [7, 11) is 0. The molecule has 0 radical (unpaired) electrons. The first kappa shape index (κ1) is 14.5. The number of halogens is 3. The molecule has 6 heteroatoms. The zero-order valence-electron chi connectivity index (χ0n) is 10.3. The Morgan fingerprint density at radius 3 is 2.50 bits per heavy atom. The van der Waals surface area contributed by atoms with E-state index in [1.54, 1.807) is 0 Å². The molecule has 1 aromatic heterocycles. The molecule has 0 aliphatic heterocycles. The van der Waals surface area contributed by atoms with Crippen molar-refractivity contribution >= 4 is 5.97 Å². The molecule has 1 aromatic rings. The Morgan fingerprint density at radius 2 is 2.06 bits per heavy atom. The van der Waals surface area contributed by atoms with Gasteiger partial charge in [0.2, 0.25) is 0 Å². The van der Waals surface area contributed by atoms with Gasteiger partial charge in [-0.3, -0.25) is 4.79 Å². The van der Waals surface area contributed by atoms with Crippen molar-refractivity contribution in [1.29, 1.82) is 0 Å². The van der Waals surface area contributed by atoms with Crippen LogP contribution in [-0.4, -0.2) is 11.0 Å². The van der Waals surface area contributed by atoms with Gasteiger partial charge in [0.25, 0.3) is 0 Å². The normalized spacial score (nSPS) is 11.7. The lowest BCUT2D eigenvalue weighted by atomic mass is 10.0. The highest BCUT2D eigenvalue weighted by Gasteiger charge is 2.38. The summed E-state index contributed by atoms with van der Waals surface area (Å²) in [5.74, 6) is -1.13. The molecule has 0 amide bonds. The molecule has 0 saturated heterocycles. The number of aromatic nitrogens is 1.